The lowest BCUT2D eigenvalue weighted by atomic mass is 9.91. The zero-order valence-electron chi connectivity index (χ0n) is 21.9. The number of ether oxygens (including phenoxy) is 1. The van der Waals surface area contributed by atoms with E-state index in [1.54, 1.807) is 25.4 Å². The van der Waals surface area contributed by atoms with Crippen LogP contribution in [0.5, 0.6) is 0 Å². The van der Waals surface area contributed by atoms with Gasteiger partial charge in [0.2, 0.25) is 0 Å². The minimum Gasteiger partial charge on any atom is -0.452 e. The predicted octanol–water partition coefficient (Wildman–Crippen LogP) is 3.98. The maximum Gasteiger partial charge on any atom is 0.419 e. The molecular weight excluding hydrogens is 504 g/mol. The van der Waals surface area contributed by atoms with Crippen LogP contribution in [-0.4, -0.2) is 74.9 Å². The van der Waals surface area contributed by atoms with Crippen LogP contribution in [0.1, 0.15) is 32.3 Å². The number of rotatable bonds is 5. The Morgan fingerprint density at radius 2 is 2.03 bits per heavy atom. The molecule has 0 spiro atoms. The number of carbonyl (C=O) groups is 1. The van der Waals surface area contributed by atoms with E-state index in [9.17, 15) is 18.0 Å². The first-order valence-electron chi connectivity index (χ1n) is 12.1. The zero-order valence-corrected chi connectivity index (χ0v) is 22.8. The number of nitrogens with one attached hydrogen (secondary N) is 4. The van der Waals surface area contributed by atoms with Gasteiger partial charge in [-0.2, -0.15) is 13.2 Å². The van der Waals surface area contributed by atoms with E-state index in [4.69, 9.17) is 4.74 Å². The molecule has 0 radical (unpaired) electrons. The second-order valence-electron chi connectivity index (χ2n) is 10.3. The Kier molecular flexibility index (Phi) is 7.61. The molecular formula is C25H34F3N6O2P. The average molecular weight is 539 g/mol. The van der Waals surface area contributed by atoms with E-state index in [0.717, 1.165) is 24.3 Å². The van der Waals surface area contributed by atoms with Crippen LogP contribution in [0, 0.1) is 0 Å². The summed E-state index contributed by atoms with van der Waals surface area (Å²) in [5, 5.41) is 11.1. The smallest absolute Gasteiger partial charge is 0.419 e. The highest BCUT2D eigenvalue weighted by Gasteiger charge is 2.41. The van der Waals surface area contributed by atoms with Crippen molar-refractivity contribution in [3.63, 3.8) is 0 Å². The van der Waals surface area contributed by atoms with Gasteiger partial charge in [0.15, 0.2) is 6.29 Å². The lowest BCUT2D eigenvalue weighted by Crippen LogP contribution is -2.57. The zero-order chi connectivity index (χ0) is 27.1. The van der Waals surface area contributed by atoms with Crippen molar-refractivity contribution in [3.05, 3.63) is 35.7 Å². The fraction of sp³-hybridized carbons (Fsp3) is 0.520. The molecule has 1 saturated heterocycles. The van der Waals surface area contributed by atoms with E-state index < -0.39 is 32.1 Å². The van der Waals surface area contributed by atoms with Crippen molar-refractivity contribution in [2.45, 2.75) is 50.7 Å². The van der Waals surface area contributed by atoms with Gasteiger partial charge in [-0.05, 0) is 46.1 Å². The Labute approximate surface area is 215 Å². The minimum atomic E-state index is -4.59. The first-order valence-corrected chi connectivity index (χ1v) is 14.3. The van der Waals surface area contributed by atoms with Gasteiger partial charge in [-0.15, -0.1) is 0 Å². The van der Waals surface area contributed by atoms with Crippen molar-refractivity contribution < 1.29 is 22.7 Å². The van der Waals surface area contributed by atoms with Gasteiger partial charge in [-0.1, -0.05) is 14.0 Å². The van der Waals surface area contributed by atoms with Crippen LogP contribution in [-0.2, 0) is 4.74 Å². The molecule has 12 heteroatoms. The minimum absolute atomic E-state index is 0.0381. The van der Waals surface area contributed by atoms with Crippen molar-refractivity contribution in [1.29, 1.82) is 0 Å². The molecule has 4 rings (SSSR count). The van der Waals surface area contributed by atoms with E-state index in [1.165, 1.54) is 12.0 Å². The summed E-state index contributed by atoms with van der Waals surface area (Å²) in [4.78, 5) is 21.3. The summed E-state index contributed by atoms with van der Waals surface area (Å²) in [5.41, 5.74) is 0.772. The molecule has 1 aromatic heterocycles. The number of benzene rings is 1. The SMILES string of the molecule is COC(=O)N(C)c1ccc2c(C3=NC(NC4CCC(C)(C)NC4)NC=C3C(F)(F)F)c[nH]c2c1P(C)C. The Balaban J connectivity index is 1.74. The number of aliphatic imine (C=N–C) groups is 1. The highest BCUT2D eigenvalue weighted by atomic mass is 31.1. The molecule has 1 amide bonds. The number of amides is 1. The van der Waals surface area contributed by atoms with E-state index >= 15 is 0 Å². The molecule has 0 bridgehead atoms. The number of alkyl halides is 3. The monoisotopic (exact) mass is 538 g/mol. The summed E-state index contributed by atoms with van der Waals surface area (Å²) in [6.45, 7) is 9.03. The van der Waals surface area contributed by atoms with Gasteiger partial charge in [0.05, 0.1) is 29.6 Å². The number of anilines is 1. The number of aromatic amines is 1. The molecule has 1 aromatic carbocycles. The third kappa shape index (κ3) is 5.63. The van der Waals surface area contributed by atoms with Crippen LogP contribution in [0.3, 0.4) is 0 Å². The third-order valence-electron chi connectivity index (χ3n) is 6.86. The van der Waals surface area contributed by atoms with Gasteiger partial charge in [-0.3, -0.25) is 10.2 Å². The van der Waals surface area contributed by atoms with Gasteiger partial charge in [0.1, 0.15) is 0 Å². The fourth-order valence-corrected chi connectivity index (χ4v) is 6.12. The first-order chi connectivity index (χ1) is 17.3. The molecule has 202 valence electrons. The summed E-state index contributed by atoms with van der Waals surface area (Å²) < 4.78 is 47.1. The molecule has 37 heavy (non-hydrogen) atoms. The maximum absolute atomic E-state index is 14.1. The Morgan fingerprint density at radius 3 is 2.62 bits per heavy atom. The number of halogens is 3. The summed E-state index contributed by atoms with van der Waals surface area (Å²) in [6, 6.07) is 3.55. The van der Waals surface area contributed by atoms with Gasteiger partial charge >= 0.3 is 12.3 Å². The largest absolute Gasteiger partial charge is 0.452 e. The standard InChI is InChI=1S/C25H34F3N6O2P/c1-24(2)10-9-14(11-31-24)32-22-30-13-17(25(26,27)28)19(33-22)16-12-29-20-15(16)7-8-18(21(20)37(5)6)34(3)23(35)36-4/h7-8,12-14,22,29-32H,9-11H2,1-6H3. The van der Waals surface area contributed by atoms with Crippen LogP contribution in [0.4, 0.5) is 23.7 Å². The van der Waals surface area contributed by atoms with Crippen LogP contribution >= 0.6 is 7.92 Å². The van der Waals surface area contributed by atoms with Crippen molar-refractivity contribution in [2.24, 2.45) is 4.99 Å². The molecule has 1 fully saturated rings. The van der Waals surface area contributed by atoms with Crippen molar-refractivity contribution in [1.82, 2.24) is 20.9 Å². The number of methoxy groups -OCH3 is 1. The molecule has 0 saturated carbocycles. The van der Waals surface area contributed by atoms with Crippen molar-refractivity contribution >= 4 is 41.6 Å². The van der Waals surface area contributed by atoms with Gasteiger partial charge < -0.3 is 20.4 Å². The van der Waals surface area contributed by atoms with Gasteiger partial charge in [-0.25, -0.2) is 9.79 Å². The van der Waals surface area contributed by atoms with Crippen molar-refractivity contribution in [2.75, 3.05) is 38.9 Å². The normalized spacial score (nSPS) is 21.9. The van der Waals surface area contributed by atoms with Crippen LogP contribution < -0.4 is 26.2 Å². The number of H-pyrrole nitrogens is 1. The topological polar surface area (TPSA) is 93.8 Å². The number of allylic oxidation sites excluding steroid dienone is 1. The molecule has 2 atom stereocenters. The van der Waals surface area contributed by atoms with E-state index in [-0.39, 0.29) is 17.3 Å². The molecule has 2 aliphatic rings. The highest BCUT2D eigenvalue weighted by molar-refractivity contribution is 7.65. The number of fused-ring (bicyclic) bond motifs is 1. The maximum atomic E-state index is 14.1. The quantitative estimate of drug-likeness (QED) is 0.433. The van der Waals surface area contributed by atoms with Crippen molar-refractivity contribution in [3.8, 4) is 0 Å². The Bertz CT molecular complexity index is 1230. The number of aromatic nitrogens is 1. The summed E-state index contributed by atoms with van der Waals surface area (Å²) in [5.74, 6) is 0. The molecule has 4 N–H and O–H groups in total. The number of carbonyl (C=O) groups excluding carboxylic acids is 1. The second kappa shape index (κ2) is 10.3. The van der Waals surface area contributed by atoms with E-state index in [1.807, 2.05) is 13.3 Å². The predicted molar refractivity (Wildman–Crippen MR) is 143 cm³/mol. The first kappa shape index (κ1) is 27.4. The Hall–Kier alpha value is -2.62. The number of piperidine rings is 1. The van der Waals surface area contributed by atoms with Crippen LogP contribution in [0.15, 0.2) is 35.1 Å². The molecule has 2 unspecified atom stereocenters. The highest BCUT2D eigenvalue weighted by Crippen LogP contribution is 2.38. The molecule has 2 aromatic rings. The fourth-order valence-electron chi connectivity index (χ4n) is 4.80. The van der Waals surface area contributed by atoms with Crippen LogP contribution in [0.25, 0.3) is 10.9 Å². The average Bonchev–Trinajstić information content (AvgIpc) is 3.27. The number of hydrogen-bond acceptors (Lipinski definition) is 6. The number of nitrogens with zero attached hydrogens (tertiary/aromatic N) is 2. The Morgan fingerprint density at radius 1 is 1.30 bits per heavy atom. The summed E-state index contributed by atoms with van der Waals surface area (Å²) in [7, 11) is 2.18. The lowest BCUT2D eigenvalue weighted by Gasteiger charge is -2.37. The van der Waals surface area contributed by atoms with Gasteiger partial charge in [0, 0.05) is 53.8 Å². The molecule has 2 aliphatic heterocycles. The lowest BCUT2D eigenvalue weighted by molar-refractivity contribution is -0.0867. The molecule has 3 heterocycles. The van der Waals surface area contributed by atoms with E-state index in [0.29, 0.717) is 28.7 Å². The number of hydrogen-bond donors (Lipinski definition) is 4. The third-order valence-corrected chi connectivity index (χ3v) is 8.21. The van der Waals surface area contributed by atoms with Crippen LogP contribution in [0.2, 0.25) is 0 Å². The summed E-state index contributed by atoms with van der Waals surface area (Å²) >= 11 is 0. The summed E-state index contributed by atoms with van der Waals surface area (Å²) in [6.07, 6.45) is -1.40. The molecule has 0 aliphatic carbocycles. The van der Waals surface area contributed by atoms with E-state index in [2.05, 4.69) is 39.8 Å². The molecule has 8 nitrogen and oxygen atoms in total. The second-order valence-corrected chi connectivity index (χ2v) is 12.5. The van der Waals surface area contributed by atoms with Gasteiger partial charge in [0.25, 0.3) is 0 Å².